The van der Waals surface area contributed by atoms with Gasteiger partial charge in [-0.25, -0.2) is 0 Å². The summed E-state index contributed by atoms with van der Waals surface area (Å²) in [6, 6.07) is 7.04. The zero-order valence-corrected chi connectivity index (χ0v) is 11.3. The van der Waals surface area contributed by atoms with E-state index >= 15 is 0 Å². The summed E-state index contributed by atoms with van der Waals surface area (Å²) in [4.78, 5) is 23.1. The summed E-state index contributed by atoms with van der Waals surface area (Å²) >= 11 is 0. The maximum atomic E-state index is 11.6. The summed E-state index contributed by atoms with van der Waals surface area (Å²) in [5, 5.41) is 16.3. The van der Waals surface area contributed by atoms with Crippen LogP contribution in [0.2, 0.25) is 0 Å². The van der Waals surface area contributed by atoms with Crippen LogP contribution in [0.4, 0.5) is 0 Å². The standard InChI is InChI=1S/C11H10O2.C4H10O2/c1-7-6-10(12)8-4-2-3-5-9(8)11(7)13;1-4(2-5)3-6/h2-5,7H,6H2,1H3;4-6H,2-3H2,1H3. The Labute approximate surface area is 113 Å². The molecule has 1 aromatic rings. The van der Waals surface area contributed by atoms with Crippen molar-refractivity contribution in [1.29, 1.82) is 0 Å². The van der Waals surface area contributed by atoms with Gasteiger partial charge in [0.2, 0.25) is 0 Å². The topological polar surface area (TPSA) is 74.6 Å². The number of rotatable bonds is 2. The Morgan fingerprint density at radius 3 is 2.16 bits per heavy atom. The zero-order valence-electron chi connectivity index (χ0n) is 11.3. The molecule has 0 heterocycles. The van der Waals surface area contributed by atoms with Gasteiger partial charge >= 0.3 is 0 Å². The van der Waals surface area contributed by atoms with Crippen molar-refractivity contribution in [2.75, 3.05) is 13.2 Å². The molecule has 1 unspecified atom stereocenters. The largest absolute Gasteiger partial charge is 0.396 e. The van der Waals surface area contributed by atoms with Crippen LogP contribution in [0.15, 0.2) is 24.3 Å². The Morgan fingerprint density at radius 1 is 1.16 bits per heavy atom. The van der Waals surface area contributed by atoms with Gasteiger partial charge in [0.15, 0.2) is 11.6 Å². The van der Waals surface area contributed by atoms with Gasteiger partial charge in [-0.1, -0.05) is 38.1 Å². The first-order valence-electron chi connectivity index (χ1n) is 6.39. The fourth-order valence-corrected chi connectivity index (χ4v) is 1.75. The summed E-state index contributed by atoms with van der Waals surface area (Å²) in [6.45, 7) is 3.74. The predicted molar refractivity (Wildman–Crippen MR) is 72.2 cm³/mol. The zero-order chi connectivity index (χ0) is 14.4. The van der Waals surface area contributed by atoms with Crippen LogP contribution in [0.3, 0.4) is 0 Å². The molecular formula is C15H20O4. The molecule has 0 bridgehead atoms. The highest BCUT2D eigenvalue weighted by Crippen LogP contribution is 2.24. The van der Waals surface area contributed by atoms with Gasteiger partial charge in [0.1, 0.15) is 0 Å². The Hall–Kier alpha value is -1.52. The quantitative estimate of drug-likeness (QED) is 0.852. The highest BCUT2D eigenvalue weighted by atomic mass is 16.3. The first kappa shape index (κ1) is 15.5. The predicted octanol–water partition coefficient (Wildman–Crippen LogP) is 1.70. The average Bonchev–Trinajstić information content (AvgIpc) is 2.44. The van der Waals surface area contributed by atoms with E-state index in [2.05, 4.69) is 0 Å². The number of aliphatic hydroxyl groups excluding tert-OH is 2. The van der Waals surface area contributed by atoms with Crippen molar-refractivity contribution in [2.45, 2.75) is 20.3 Å². The molecule has 0 fully saturated rings. The minimum atomic E-state index is -0.151. The smallest absolute Gasteiger partial charge is 0.166 e. The van der Waals surface area contributed by atoms with Crippen LogP contribution in [0.25, 0.3) is 0 Å². The van der Waals surface area contributed by atoms with Crippen LogP contribution < -0.4 is 0 Å². The molecule has 0 radical (unpaired) electrons. The third kappa shape index (κ3) is 3.98. The molecular weight excluding hydrogens is 244 g/mol. The number of Topliss-reactive ketones (excluding diaryl/α,β-unsaturated/α-hetero) is 2. The first-order valence-corrected chi connectivity index (χ1v) is 6.39. The number of carbonyl (C=O) groups excluding carboxylic acids is 2. The summed E-state index contributed by atoms with van der Waals surface area (Å²) in [5.74, 6) is 0.0744. The SMILES string of the molecule is CC(CO)CO.CC1CC(=O)c2ccccc2C1=O. The summed E-state index contributed by atoms with van der Waals surface area (Å²) in [7, 11) is 0. The molecule has 4 nitrogen and oxygen atoms in total. The van der Waals surface area contributed by atoms with Gasteiger partial charge in [0.25, 0.3) is 0 Å². The maximum absolute atomic E-state index is 11.6. The Morgan fingerprint density at radius 2 is 1.68 bits per heavy atom. The van der Waals surface area contributed by atoms with Gasteiger partial charge in [-0.2, -0.15) is 0 Å². The Bertz CT molecular complexity index is 449. The van der Waals surface area contributed by atoms with Crippen molar-refractivity contribution in [2.24, 2.45) is 11.8 Å². The molecule has 104 valence electrons. The van der Waals surface area contributed by atoms with E-state index in [0.29, 0.717) is 17.5 Å². The van der Waals surface area contributed by atoms with E-state index in [4.69, 9.17) is 10.2 Å². The molecule has 0 saturated heterocycles. The van der Waals surface area contributed by atoms with Crippen molar-refractivity contribution in [3.8, 4) is 0 Å². The molecule has 2 N–H and O–H groups in total. The molecule has 2 rings (SSSR count). The van der Waals surface area contributed by atoms with E-state index in [0.717, 1.165) is 0 Å². The van der Waals surface area contributed by atoms with E-state index < -0.39 is 0 Å². The van der Waals surface area contributed by atoms with Crippen LogP contribution in [-0.4, -0.2) is 35.0 Å². The number of carbonyl (C=O) groups is 2. The minimum absolute atomic E-state index is 0.0463. The molecule has 0 spiro atoms. The lowest BCUT2D eigenvalue weighted by atomic mass is 9.83. The van der Waals surface area contributed by atoms with E-state index in [1.54, 1.807) is 38.1 Å². The van der Waals surface area contributed by atoms with Gasteiger partial charge in [-0.05, 0) is 0 Å². The second-order valence-corrected chi connectivity index (χ2v) is 4.91. The van der Waals surface area contributed by atoms with Crippen molar-refractivity contribution in [3.63, 3.8) is 0 Å². The van der Waals surface area contributed by atoms with Crippen LogP contribution in [0.5, 0.6) is 0 Å². The summed E-state index contributed by atoms with van der Waals surface area (Å²) < 4.78 is 0. The van der Waals surface area contributed by atoms with E-state index in [-0.39, 0.29) is 36.6 Å². The fraction of sp³-hybridized carbons (Fsp3) is 0.467. The molecule has 1 aromatic carbocycles. The van der Waals surface area contributed by atoms with Crippen LogP contribution in [0.1, 0.15) is 41.0 Å². The molecule has 1 atom stereocenters. The second-order valence-electron chi connectivity index (χ2n) is 4.91. The monoisotopic (exact) mass is 264 g/mol. The normalized spacial score (nSPS) is 17.8. The summed E-state index contributed by atoms with van der Waals surface area (Å²) in [6.07, 6.45) is 0.357. The third-order valence-corrected chi connectivity index (χ3v) is 3.06. The third-order valence-electron chi connectivity index (χ3n) is 3.06. The lowest BCUT2D eigenvalue weighted by molar-refractivity contribution is 0.0835. The molecule has 1 aliphatic rings. The lowest BCUT2D eigenvalue weighted by Crippen LogP contribution is -2.24. The molecule has 4 heteroatoms. The molecule has 0 saturated carbocycles. The number of ketones is 2. The van der Waals surface area contributed by atoms with Gasteiger partial charge in [0, 0.05) is 42.6 Å². The molecule has 1 aliphatic carbocycles. The average molecular weight is 264 g/mol. The van der Waals surface area contributed by atoms with E-state index in [1.807, 2.05) is 0 Å². The number of hydrogen-bond donors (Lipinski definition) is 2. The summed E-state index contributed by atoms with van der Waals surface area (Å²) in [5.41, 5.74) is 1.18. The highest BCUT2D eigenvalue weighted by molar-refractivity contribution is 6.14. The fourth-order valence-electron chi connectivity index (χ4n) is 1.75. The minimum Gasteiger partial charge on any atom is -0.396 e. The van der Waals surface area contributed by atoms with Gasteiger partial charge < -0.3 is 10.2 Å². The Balaban J connectivity index is 0.000000258. The van der Waals surface area contributed by atoms with Crippen LogP contribution >= 0.6 is 0 Å². The van der Waals surface area contributed by atoms with Crippen molar-refractivity contribution in [1.82, 2.24) is 0 Å². The van der Waals surface area contributed by atoms with Crippen LogP contribution in [0, 0.1) is 11.8 Å². The van der Waals surface area contributed by atoms with E-state index in [1.165, 1.54) is 0 Å². The Kier molecular flexibility index (Phi) is 5.86. The second kappa shape index (κ2) is 7.16. The van der Waals surface area contributed by atoms with E-state index in [9.17, 15) is 9.59 Å². The van der Waals surface area contributed by atoms with Crippen LogP contribution in [-0.2, 0) is 0 Å². The number of fused-ring (bicyclic) bond motifs is 1. The number of aliphatic hydroxyl groups is 2. The molecule has 0 aromatic heterocycles. The number of hydrogen-bond acceptors (Lipinski definition) is 4. The van der Waals surface area contributed by atoms with Gasteiger partial charge in [-0.15, -0.1) is 0 Å². The molecule has 0 aliphatic heterocycles. The first-order chi connectivity index (χ1) is 9.01. The number of benzene rings is 1. The van der Waals surface area contributed by atoms with Gasteiger partial charge in [0.05, 0.1) is 0 Å². The van der Waals surface area contributed by atoms with Crippen molar-refractivity contribution in [3.05, 3.63) is 35.4 Å². The van der Waals surface area contributed by atoms with Gasteiger partial charge in [-0.3, -0.25) is 9.59 Å². The molecule has 0 amide bonds. The maximum Gasteiger partial charge on any atom is 0.166 e. The van der Waals surface area contributed by atoms with Crippen molar-refractivity contribution >= 4 is 11.6 Å². The molecule has 19 heavy (non-hydrogen) atoms. The lowest BCUT2D eigenvalue weighted by Gasteiger charge is -2.18. The highest BCUT2D eigenvalue weighted by Gasteiger charge is 2.28. The van der Waals surface area contributed by atoms with Crippen molar-refractivity contribution < 1.29 is 19.8 Å².